The van der Waals surface area contributed by atoms with Gasteiger partial charge in [0.2, 0.25) is 0 Å². The standard InChI is InChI=1S/C14H19NO4/c1-11-5-3-6-12(9-16)14(11)19-10-13(17)15-7-4-8-18-2/h3,5-6,9H,4,7-8,10H2,1-2H3,(H,15,17). The number of ether oxygens (including phenoxy) is 2. The molecule has 1 rings (SSSR count). The van der Waals surface area contributed by atoms with Gasteiger partial charge in [-0.05, 0) is 25.0 Å². The van der Waals surface area contributed by atoms with Crippen molar-refractivity contribution in [2.45, 2.75) is 13.3 Å². The van der Waals surface area contributed by atoms with E-state index in [-0.39, 0.29) is 12.5 Å². The van der Waals surface area contributed by atoms with Crippen molar-refractivity contribution in [3.05, 3.63) is 29.3 Å². The summed E-state index contributed by atoms with van der Waals surface area (Å²) >= 11 is 0. The van der Waals surface area contributed by atoms with Crippen molar-refractivity contribution < 1.29 is 19.1 Å². The fourth-order valence-electron chi connectivity index (χ4n) is 1.60. The quantitative estimate of drug-likeness (QED) is 0.569. The Labute approximate surface area is 112 Å². The highest BCUT2D eigenvalue weighted by molar-refractivity contribution is 5.81. The zero-order valence-corrected chi connectivity index (χ0v) is 11.3. The zero-order chi connectivity index (χ0) is 14.1. The molecule has 1 aromatic rings. The van der Waals surface area contributed by atoms with E-state index in [1.54, 1.807) is 19.2 Å². The van der Waals surface area contributed by atoms with Crippen molar-refractivity contribution in [2.75, 3.05) is 26.9 Å². The Morgan fingerprint density at radius 1 is 1.42 bits per heavy atom. The summed E-state index contributed by atoms with van der Waals surface area (Å²) in [5.41, 5.74) is 1.28. The zero-order valence-electron chi connectivity index (χ0n) is 11.3. The predicted octanol–water partition coefficient (Wildman–Crippen LogP) is 1.34. The lowest BCUT2D eigenvalue weighted by atomic mass is 10.1. The van der Waals surface area contributed by atoms with Crippen LogP contribution in [0.15, 0.2) is 18.2 Å². The first-order valence-electron chi connectivity index (χ1n) is 6.12. The number of aryl methyl sites for hydroxylation is 1. The van der Waals surface area contributed by atoms with Crippen LogP contribution in [-0.4, -0.2) is 39.1 Å². The number of hydrogen-bond donors (Lipinski definition) is 1. The van der Waals surface area contributed by atoms with Crippen molar-refractivity contribution in [2.24, 2.45) is 0 Å². The molecule has 0 bridgehead atoms. The van der Waals surface area contributed by atoms with E-state index < -0.39 is 0 Å². The van der Waals surface area contributed by atoms with Gasteiger partial charge < -0.3 is 14.8 Å². The summed E-state index contributed by atoms with van der Waals surface area (Å²) < 4.78 is 10.3. The van der Waals surface area contributed by atoms with Gasteiger partial charge in [-0.15, -0.1) is 0 Å². The lowest BCUT2D eigenvalue weighted by Gasteiger charge is -2.11. The van der Waals surface area contributed by atoms with E-state index in [1.165, 1.54) is 0 Å². The first-order valence-corrected chi connectivity index (χ1v) is 6.12. The molecule has 0 aromatic heterocycles. The molecule has 19 heavy (non-hydrogen) atoms. The van der Waals surface area contributed by atoms with E-state index in [1.807, 2.05) is 13.0 Å². The van der Waals surface area contributed by atoms with Crippen LogP contribution < -0.4 is 10.1 Å². The monoisotopic (exact) mass is 265 g/mol. The molecule has 0 spiro atoms. The number of carbonyl (C=O) groups excluding carboxylic acids is 2. The topological polar surface area (TPSA) is 64.6 Å². The van der Waals surface area contributed by atoms with Crippen LogP contribution in [0.4, 0.5) is 0 Å². The third kappa shape index (κ3) is 5.09. The van der Waals surface area contributed by atoms with Gasteiger partial charge in [-0.3, -0.25) is 9.59 Å². The summed E-state index contributed by atoms with van der Waals surface area (Å²) in [6.07, 6.45) is 1.48. The lowest BCUT2D eigenvalue weighted by Crippen LogP contribution is -2.30. The minimum absolute atomic E-state index is 0.0985. The van der Waals surface area contributed by atoms with Crippen molar-refractivity contribution in [3.63, 3.8) is 0 Å². The molecular formula is C14H19NO4. The Morgan fingerprint density at radius 3 is 2.89 bits per heavy atom. The number of hydrogen-bond acceptors (Lipinski definition) is 4. The largest absolute Gasteiger partial charge is 0.483 e. The van der Waals surface area contributed by atoms with Gasteiger partial charge in [0, 0.05) is 20.3 Å². The van der Waals surface area contributed by atoms with Crippen LogP contribution in [0.5, 0.6) is 5.75 Å². The number of aldehydes is 1. The average Bonchev–Trinajstić information content (AvgIpc) is 2.42. The van der Waals surface area contributed by atoms with Crippen LogP contribution >= 0.6 is 0 Å². The second-order valence-corrected chi connectivity index (χ2v) is 4.10. The molecule has 1 amide bonds. The smallest absolute Gasteiger partial charge is 0.257 e. The molecule has 1 N–H and O–H groups in total. The summed E-state index contributed by atoms with van der Waals surface area (Å²) in [7, 11) is 1.62. The number of para-hydroxylation sites is 1. The Morgan fingerprint density at radius 2 is 2.21 bits per heavy atom. The van der Waals surface area contributed by atoms with E-state index in [4.69, 9.17) is 9.47 Å². The highest BCUT2D eigenvalue weighted by Gasteiger charge is 2.08. The van der Waals surface area contributed by atoms with E-state index in [9.17, 15) is 9.59 Å². The third-order valence-corrected chi connectivity index (χ3v) is 2.56. The highest BCUT2D eigenvalue weighted by Crippen LogP contribution is 2.21. The maximum absolute atomic E-state index is 11.5. The van der Waals surface area contributed by atoms with E-state index in [0.717, 1.165) is 18.3 Å². The van der Waals surface area contributed by atoms with Gasteiger partial charge in [0.15, 0.2) is 12.9 Å². The molecule has 1 aromatic carbocycles. The minimum atomic E-state index is -0.212. The summed E-state index contributed by atoms with van der Waals surface area (Å²) in [6, 6.07) is 5.27. The number of rotatable bonds is 8. The molecule has 0 aliphatic rings. The van der Waals surface area contributed by atoms with Gasteiger partial charge in [0.05, 0.1) is 5.56 Å². The molecule has 5 nitrogen and oxygen atoms in total. The van der Waals surface area contributed by atoms with Crippen LogP contribution in [-0.2, 0) is 9.53 Å². The molecule has 0 saturated carbocycles. The highest BCUT2D eigenvalue weighted by atomic mass is 16.5. The Kier molecular flexibility index (Phi) is 6.60. The van der Waals surface area contributed by atoms with Gasteiger partial charge in [0.1, 0.15) is 5.75 Å². The second kappa shape index (κ2) is 8.26. The maximum atomic E-state index is 11.5. The lowest BCUT2D eigenvalue weighted by molar-refractivity contribution is -0.123. The molecule has 0 aliphatic carbocycles. The first kappa shape index (κ1) is 15.2. The van der Waals surface area contributed by atoms with Crippen LogP contribution in [0.25, 0.3) is 0 Å². The molecule has 0 radical (unpaired) electrons. The molecule has 0 heterocycles. The van der Waals surface area contributed by atoms with Gasteiger partial charge in [-0.25, -0.2) is 0 Å². The molecule has 5 heteroatoms. The summed E-state index contributed by atoms with van der Waals surface area (Å²) in [5, 5.41) is 2.71. The summed E-state index contributed by atoms with van der Waals surface area (Å²) in [4.78, 5) is 22.4. The van der Waals surface area contributed by atoms with E-state index in [0.29, 0.717) is 24.5 Å². The van der Waals surface area contributed by atoms with Crippen molar-refractivity contribution in [3.8, 4) is 5.75 Å². The normalized spacial score (nSPS) is 10.0. The Hall–Kier alpha value is -1.88. The minimum Gasteiger partial charge on any atom is -0.483 e. The van der Waals surface area contributed by atoms with Gasteiger partial charge >= 0.3 is 0 Å². The Bertz CT molecular complexity index is 431. The second-order valence-electron chi connectivity index (χ2n) is 4.10. The molecule has 0 saturated heterocycles. The maximum Gasteiger partial charge on any atom is 0.257 e. The molecular weight excluding hydrogens is 246 g/mol. The molecule has 104 valence electrons. The van der Waals surface area contributed by atoms with Crippen LogP contribution in [0.3, 0.4) is 0 Å². The summed E-state index contributed by atoms with van der Waals surface area (Å²) in [6.45, 7) is 2.88. The summed E-state index contributed by atoms with van der Waals surface area (Å²) in [5.74, 6) is 0.251. The predicted molar refractivity (Wildman–Crippen MR) is 71.6 cm³/mol. The number of carbonyl (C=O) groups is 2. The van der Waals surface area contributed by atoms with Crippen molar-refractivity contribution in [1.29, 1.82) is 0 Å². The van der Waals surface area contributed by atoms with E-state index >= 15 is 0 Å². The molecule has 0 aliphatic heterocycles. The SMILES string of the molecule is COCCCNC(=O)COc1c(C)cccc1C=O. The van der Waals surface area contributed by atoms with Gasteiger partial charge in [-0.1, -0.05) is 12.1 Å². The van der Waals surface area contributed by atoms with Crippen LogP contribution in [0, 0.1) is 6.92 Å². The van der Waals surface area contributed by atoms with E-state index in [2.05, 4.69) is 5.32 Å². The van der Waals surface area contributed by atoms with Gasteiger partial charge in [0.25, 0.3) is 5.91 Å². The Balaban J connectivity index is 2.44. The fourth-order valence-corrected chi connectivity index (χ4v) is 1.60. The molecule has 0 atom stereocenters. The third-order valence-electron chi connectivity index (χ3n) is 2.56. The number of amides is 1. The van der Waals surface area contributed by atoms with Crippen LogP contribution in [0.2, 0.25) is 0 Å². The number of nitrogens with one attached hydrogen (secondary N) is 1. The average molecular weight is 265 g/mol. The molecule has 0 unspecified atom stereocenters. The number of benzene rings is 1. The number of methoxy groups -OCH3 is 1. The van der Waals surface area contributed by atoms with Gasteiger partial charge in [-0.2, -0.15) is 0 Å². The molecule has 0 fully saturated rings. The van der Waals surface area contributed by atoms with Crippen LogP contribution in [0.1, 0.15) is 22.3 Å². The van der Waals surface area contributed by atoms with Crippen molar-refractivity contribution >= 4 is 12.2 Å². The fraction of sp³-hybridized carbons (Fsp3) is 0.429. The van der Waals surface area contributed by atoms with Crippen molar-refractivity contribution in [1.82, 2.24) is 5.32 Å². The first-order chi connectivity index (χ1) is 9.19.